The van der Waals surface area contributed by atoms with Crippen LogP contribution < -0.4 is 37.5 Å². The Hall–Kier alpha value is -2.65. The van der Waals surface area contributed by atoms with Crippen molar-refractivity contribution in [2.75, 3.05) is 41.2 Å². The number of hydrogen-bond acceptors (Lipinski definition) is 12. The average molecular weight is 644 g/mol. The molecule has 0 amide bonds. The van der Waals surface area contributed by atoms with E-state index in [2.05, 4.69) is 9.72 Å². The normalized spacial score (nSPS) is 20.3. The molecule has 1 heterocycles. The van der Waals surface area contributed by atoms with Crippen LogP contribution in [-0.4, -0.2) is 41.2 Å². The summed E-state index contributed by atoms with van der Waals surface area (Å²) in [6, 6.07) is 21.8. The van der Waals surface area contributed by atoms with E-state index in [0.29, 0.717) is 34.5 Å². The summed E-state index contributed by atoms with van der Waals surface area (Å²) in [5, 5.41) is 0. The van der Waals surface area contributed by atoms with Crippen molar-refractivity contribution in [3.05, 3.63) is 72.8 Å². The van der Waals surface area contributed by atoms with Gasteiger partial charge in [-0.05, 0) is 0 Å². The predicted octanol–water partition coefficient (Wildman–Crippen LogP) is 7.32. The van der Waals surface area contributed by atoms with Gasteiger partial charge in [0.25, 0.3) is 0 Å². The summed E-state index contributed by atoms with van der Waals surface area (Å²) in [5.74, 6) is 2.77. The van der Waals surface area contributed by atoms with Gasteiger partial charge in [-0.15, -0.1) is 0 Å². The van der Waals surface area contributed by atoms with Crippen LogP contribution >= 0.6 is 23.7 Å². The van der Waals surface area contributed by atoms with E-state index in [-0.39, 0.29) is 19.8 Å². The van der Waals surface area contributed by atoms with Crippen LogP contribution in [0.15, 0.2) is 77.3 Å². The molecule has 0 bridgehead atoms. The number of rotatable bonds is 15. The van der Waals surface area contributed by atoms with E-state index in [1.807, 2.05) is 57.2 Å². The second-order valence-electron chi connectivity index (χ2n) is 8.59. The summed E-state index contributed by atoms with van der Waals surface area (Å²) in [6.45, 7) is 6.34. The molecule has 0 aromatic heterocycles. The summed E-state index contributed by atoms with van der Waals surface area (Å²) in [5.41, 5.74) is 0. The van der Waals surface area contributed by atoms with Crippen LogP contribution in [0.25, 0.3) is 0 Å². The molecule has 0 saturated heterocycles. The quantitative estimate of drug-likeness (QED) is 0.162. The standard InChI is InChI=1S/C27H40N3O9P3/c1-7-34-40(37-25-19-13-10-16-22(25)31-4)28-41(35-8-2,38-26-20-14-11-17-23(26)32-5)30-42(29-40,36-9-3)39-27-21-15-12-18-24(27)33-6/h10-21,28-29,40-41H,7-9H2,1-6H3. The van der Waals surface area contributed by atoms with E-state index >= 15 is 0 Å². The fraction of sp³-hybridized carbons (Fsp3) is 0.333. The topological polar surface area (TPSA) is 119 Å². The van der Waals surface area contributed by atoms with Gasteiger partial charge in [0.15, 0.2) is 0 Å². The summed E-state index contributed by atoms with van der Waals surface area (Å²) in [6.07, 6.45) is 0. The van der Waals surface area contributed by atoms with Gasteiger partial charge in [-0.3, -0.25) is 0 Å². The first-order chi connectivity index (χ1) is 20.4. The van der Waals surface area contributed by atoms with Crippen LogP contribution in [-0.2, 0) is 13.6 Å². The molecule has 1 aliphatic heterocycles. The van der Waals surface area contributed by atoms with Crippen molar-refractivity contribution in [3.63, 3.8) is 0 Å². The third kappa shape index (κ3) is 7.46. The van der Waals surface area contributed by atoms with E-state index < -0.39 is 23.7 Å². The molecule has 12 nitrogen and oxygen atoms in total. The van der Waals surface area contributed by atoms with Crippen LogP contribution in [0.4, 0.5) is 0 Å². The minimum atomic E-state index is -3.92. The first-order valence-corrected chi connectivity index (χ1v) is 18.7. The maximum atomic E-state index is 6.69. The van der Waals surface area contributed by atoms with Crippen LogP contribution in [0, 0.1) is 0 Å². The Morgan fingerprint density at radius 3 is 1.60 bits per heavy atom. The van der Waals surface area contributed by atoms with Gasteiger partial charge < -0.3 is 0 Å². The molecule has 0 fully saturated rings. The molecule has 232 valence electrons. The van der Waals surface area contributed by atoms with Crippen molar-refractivity contribution in [2.24, 2.45) is 4.52 Å². The Labute approximate surface area is 248 Å². The SMILES string of the molecule is CCOP1(Oc2ccccc2OC)=N[PH](OCC)(Oc2ccccc2OC)N[PH](OCC)(Oc2ccccc2OC)N1. The van der Waals surface area contributed by atoms with Gasteiger partial charge in [-0.2, -0.15) is 0 Å². The third-order valence-corrected chi connectivity index (χ3v) is 16.2. The predicted molar refractivity (Wildman–Crippen MR) is 168 cm³/mol. The van der Waals surface area contributed by atoms with Crippen LogP contribution in [0.3, 0.4) is 0 Å². The van der Waals surface area contributed by atoms with Crippen molar-refractivity contribution < 1.29 is 41.4 Å². The van der Waals surface area contributed by atoms with E-state index in [9.17, 15) is 0 Å². The van der Waals surface area contributed by atoms with Crippen molar-refractivity contribution >= 4 is 23.7 Å². The minimum absolute atomic E-state index is 0.246. The van der Waals surface area contributed by atoms with Gasteiger partial charge >= 0.3 is 248 Å². The zero-order chi connectivity index (χ0) is 30.1. The first kappa shape index (κ1) is 32.3. The molecule has 1 atom stereocenters. The third-order valence-electron chi connectivity index (χ3n) is 5.80. The molecule has 0 spiro atoms. The van der Waals surface area contributed by atoms with Crippen LogP contribution in [0.5, 0.6) is 34.5 Å². The molecule has 0 aliphatic carbocycles. The van der Waals surface area contributed by atoms with Crippen LogP contribution in [0.1, 0.15) is 20.8 Å². The first-order valence-electron chi connectivity index (χ1n) is 13.5. The second-order valence-corrected chi connectivity index (χ2v) is 16.1. The van der Waals surface area contributed by atoms with Gasteiger partial charge in [0, 0.05) is 0 Å². The molecule has 3 aromatic rings. The fourth-order valence-corrected chi connectivity index (χ4v) is 16.1. The molecule has 1 unspecified atom stereocenters. The summed E-state index contributed by atoms with van der Waals surface area (Å²) < 4.78 is 61.0. The monoisotopic (exact) mass is 643 g/mol. The number of benzene rings is 3. The molecule has 0 saturated carbocycles. The second kappa shape index (κ2) is 14.7. The summed E-state index contributed by atoms with van der Waals surface area (Å²) >= 11 is 0. The zero-order valence-corrected chi connectivity index (χ0v) is 27.5. The maximum absolute atomic E-state index is 6.69. The number of nitrogens with one attached hydrogen (secondary N) is 2. The molecule has 15 heteroatoms. The van der Waals surface area contributed by atoms with Crippen LogP contribution in [0.2, 0.25) is 0 Å². The van der Waals surface area contributed by atoms with Gasteiger partial charge in [0.1, 0.15) is 0 Å². The van der Waals surface area contributed by atoms with Crippen molar-refractivity contribution in [3.8, 4) is 34.5 Å². The van der Waals surface area contributed by atoms with Crippen molar-refractivity contribution in [2.45, 2.75) is 20.8 Å². The molecular weight excluding hydrogens is 603 g/mol. The average Bonchev–Trinajstić information content (AvgIpc) is 2.98. The van der Waals surface area contributed by atoms with E-state index in [1.165, 1.54) is 0 Å². The number of ether oxygens (including phenoxy) is 3. The number of nitrogens with zero attached hydrogens (tertiary/aromatic N) is 1. The van der Waals surface area contributed by atoms with Gasteiger partial charge in [-0.1, -0.05) is 0 Å². The number of hydrogen-bond donors (Lipinski definition) is 2. The molecule has 2 N–H and O–H groups in total. The Bertz CT molecular complexity index is 1390. The zero-order valence-electron chi connectivity index (χ0n) is 24.6. The molecule has 1 aliphatic rings. The Morgan fingerprint density at radius 1 is 0.619 bits per heavy atom. The number of methoxy groups -OCH3 is 3. The van der Waals surface area contributed by atoms with E-state index in [4.69, 9.17) is 45.9 Å². The van der Waals surface area contributed by atoms with Crippen molar-refractivity contribution in [1.82, 2.24) is 9.72 Å². The molecular formula is C27H40N3O9P3. The van der Waals surface area contributed by atoms with Gasteiger partial charge in [0.05, 0.1) is 0 Å². The number of para-hydroxylation sites is 6. The summed E-state index contributed by atoms with van der Waals surface area (Å²) in [4.78, 5) is 6.87. The Morgan fingerprint density at radius 2 is 1.10 bits per heavy atom. The Balaban J connectivity index is 1.95. The van der Waals surface area contributed by atoms with Gasteiger partial charge in [0.2, 0.25) is 0 Å². The van der Waals surface area contributed by atoms with Crippen molar-refractivity contribution in [1.29, 1.82) is 0 Å². The molecule has 3 aromatic carbocycles. The molecule has 0 radical (unpaired) electrons. The Kier molecular flexibility index (Phi) is 11.3. The summed E-state index contributed by atoms with van der Waals surface area (Å²) in [7, 11) is -6.54. The van der Waals surface area contributed by atoms with E-state index in [1.54, 1.807) is 57.7 Å². The van der Waals surface area contributed by atoms with Gasteiger partial charge in [-0.25, -0.2) is 0 Å². The fourth-order valence-electron chi connectivity index (χ4n) is 4.17. The van der Waals surface area contributed by atoms with E-state index in [0.717, 1.165) is 0 Å². The molecule has 4 rings (SSSR count). The molecule has 42 heavy (non-hydrogen) atoms.